The second-order valence-electron chi connectivity index (χ2n) is 8.09. The molecular weight excluding hydrogens is 440 g/mol. The molecule has 5 rings (SSSR count). The van der Waals surface area contributed by atoms with Gasteiger partial charge in [-0.2, -0.15) is 0 Å². The molecule has 1 aliphatic heterocycles. The SMILES string of the molecule is COc1ccc(C2=C(SCc3ccccc3)Oc3cc(OCc4ccccc4)ccc3C2)cc1. The van der Waals surface area contributed by atoms with Crippen molar-refractivity contribution in [2.24, 2.45) is 0 Å². The van der Waals surface area contributed by atoms with Crippen molar-refractivity contribution in [3.05, 3.63) is 130 Å². The minimum absolute atomic E-state index is 0.530. The van der Waals surface area contributed by atoms with Crippen LogP contribution < -0.4 is 14.2 Å². The number of fused-ring (bicyclic) bond motifs is 1. The van der Waals surface area contributed by atoms with E-state index >= 15 is 0 Å². The Labute approximate surface area is 205 Å². The molecule has 0 aromatic heterocycles. The summed E-state index contributed by atoms with van der Waals surface area (Å²) in [6.07, 6.45) is 0.803. The fourth-order valence-corrected chi connectivity index (χ4v) is 4.89. The molecule has 0 N–H and O–H groups in total. The van der Waals surface area contributed by atoms with E-state index in [1.165, 1.54) is 11.1 Å². The lowest BCUT2D eigenvalue weighted by Gasteiger charge is -2.24. The zero-order valence-corrected chi connectivity index (χ0v) is 19.9. The molecule has 0 amide bonds. The molecule has 0 spiro atoms. The van der Waals surface area contributed by atoms with Gasteiger partial charge in [0.05, 0.1) is 7.11 Å². The Bertz CT molecular complexity index is 1270. The smallest absolute Gasteiger partial charge is 0.165 e. The highest BCUT2D eigenvalue weighted by atomic mass is 32.2. The maximum Gasteiger partial charge on any atom is 0.165 e. The van der Waals surface area contributed by atoms with Gasteiger partial charge in [-0.1, -0.05) is 90.6 Å². The summed E-state index contributed by atoms with van der Waals surface area (Å²) in [6, 6.07) is 35.0. The van der Waals surface area contributed by atoms with Gasteiger partial charge in [-0.05, 0) is 40.5 Å². The van der Waals surface area contributed by atoms with E-state index in [0.29, 0.717) is 6.61 Å². The summed E-state index contributed by atoms with van der Waals surface area (Å²) >= 11 is 1.73. The quantitative estimate of drug-likeness (QED) is 0.269. The van der Waals surface area contributed by atoms with Crippen LogP contribution in [0.2, 0.25) is 0 Å². The van der Waals surface area contributed by atoms with Gasteiger partial charge in [0.1, 0.15) is 23.9 Å². The molecule has 0 bridgehead atoms. The molecular formula is C30H26O3S. The van der Waals surface area contributed by atoms with Crippen LogP contribution >= 0.6 is 11.8 Å². The van der Waals surface area contributed by atoms with E-state index < -0.39 is 0 Å². The van der Waals surface area contributed by atoms with Crippen molar-refractivity contribution in [1.29, 1.82) is 0 Å². The molecule has 4 aromatic carbocycles. The van der Waals surface area contributed by atoms with Gasteiger partial charge in [0.15, 0.2) is 5.09 Å². The normalized spacial score (nSPS) is 12.6. The van der Waals surface area contributed by atoms with Crippen LogP contribution in [0.15, 0.2) is 108 Å². The number of methoxy groups -OCH3 is 1. The minimum Gasteiger partial charge on any atom is -0.497 e. The van der Waals surface area contributed by atoms with Crippen molar-refractivity contribution in [3.63, 3.8) is 0 Å². The Morgan fingerprint density at radius 1 is 0.765 bits per heavy atom. The number of benzene rings is 4. The first-order valence-corrected chi connectivity index (χ1v) is 12.3. The van der Waals surface area contributed by atoms with Crippen LogP contribution in [0.1, 0.15) is 22.3 Å². The van der Waals surface area contributed by atoms with Crippen LogP contribution in [0, 0.1) is 0 Å². The fraction of sp³-hybridized carbons (Fsp3) is 0.133. The molecule has 4 heteroatoms. The number of hydrogen-bond acceptors (Lipinski definition) is 4. The average molecular weight is 467 g/mol. The minimum atomic E-state index is 0.530. The molecule has 1 heterocycles. The summed E-state index contributed by atoms with van der Waals surface area (Å²) in [5.74, 6) is 3.36. The Morgan fingerprint density at radius 3 is 2.15 bits per heavy atom. The van der Waals surface area contributed by atoms with Gasteiger partial charge in [0.25, 0.3) is 0 Å². The highest BCUT2D eigenvalue weighted by Crippen LogP contribution is 2.42. The Hall–Kier alpha value is -3.63. The van der Waals surface area contributed by atoms with Crippen molar-refractivity contribution < 1.29 is 14.2 Å². The van der Waals surface area contributed by atoms with E-state index in [1.54, 1.807) is 18.9 Å². The number of ether oxygens (including phenoxy) is 3. The Morgan fingerprint density at radius 2 is 1.44 bits per heavy atom. The molecule has 0 fully saturated rings. The summed E-state index contributed by atoms with van der Waals surface area (Å²) in [7, 11) is 1.69. The predicted octanol–water partition coefficient (Wildman–Crippen LogP) is 7.51. The summed E-state index contributed by atoms with van der Waals surface area (Å²) < 4.78 is 17.9. The lowest BCUT2D eigenvalue weighted by Crippen LogP contribution is -2.09. The molecule has 1 aliphatic rings. The average Bonchev–Trinajstić information content (AvgIpc) is 2.91. The molecule has 0 unspecified atom stereocenters. The van der Waals surface area contributed by atoms with Gasteiger partial charge in [0.2, 0.25) is 0 Å². The first kappa shape index (κ1) is 22.2. The summed E-state index contributed by atoms with van der Waals surface area (Å²) in [6.45, 7) is 0.530. The van der Waals surface area contributed by atoms with Crippen LogP contribution in [-0.4, -0.2) is 7.11 Å². The van der Waals surface area contributed by atoms with Crippen molar-refractivity contribution in [3.8, 4) is 17.2 Å². The molecule has 0 saturated heterocycles. The van der Waals surface area contributed by atoms with E-state index in [1.807, 2.05) is 48.5 Å². The number of allylic oxidation sites excluding steroid dienone is 1. The summed E-state index contributed by atoms with van der Waals surface area (Å²) in [4.78, 5) is 0. The monoisotopic (exact) mass is 466 g/mol. The topological polar surface area (TPSA) is 27.7 Å². The zero-order chi connectivity index (χ0) is 23.2. The van der Waals surface area contributed by atoms with E-state index in [9.17, 15) is 0 Å². The third kappa shape index (κ3) is 5.29. The molecule has 0 saturated carbocycles. The van der Waals surface area contributed by atoms with E-state index in [0.717, 1.165) is 51.2 Å². The molecule has 34 heavy (non-hydrogen) atoms. The van der Waals surface area contributed by atoms with Crippen molar-refractivity contribution in [2.45, 2.75) is 18.8 Å². The maximum absolute atomic E-state index is 6.50. The second kappa shape index (κ2) is 10.5. The van der Waals surface area contributed by atoms with E-state index in [-0.39, 0.29) is 0 Å². The first-order chi connectivity index (χ1) is 16.8. The highest BCUT2D eigenvalue weighted by Gasteiger charge is 2.22. The van der Waals surface area contributed by atoms with Gasteiger partial charge in [-0.3, -0.25) is 0 Å². The van der Waals surface area contributed by atoms with Crippen LogP contribution in [0.5, 0.6) is 17.2 Å². The molecule has 4 aromatic rings. The Kier molecular flexibility index (Phi) is 6.87. The molecule has 170 valence electrons. The highest BCUT2D eigenvalue weighted by molar-refractivity contribution is 8.02. The number of hydrogen-bond donors (Lipinski definition) is 0. The maximum atomic E-state index is 6.50. The van der Waals surface area contributed by atoms with Crippen LogP contribution in [0.4, 0.5) is 0 Å². The van der Waals surface area contributed by atoms with E-state index in [2.05, 4.69) is 54.6 Å². The molecule has 0 radical (unpaired) electrons. The first-order valence-electron chi connectivity index (χ1n) is 11.3. The largest absolute Gasteiger partial charge is 0.497 e. The van der Waals surface area contributed by atoms with E-state index in [4.69, 9.17) is 14.2 Å². The third-order valence-electron chi connectivity index (χ3n) is 5.75. The fourth-order valence-electron chi connectivity index (χ4n) is 3.88. The van der Waals surface area contributed by atoms with Crippen LogP contribution in [0.25, 0.3) is 5.57 Å². The van der Waals surface area contributed by atoms with Gasteiger partial charge >= 0.3 is 0 Å². The molecule has 0 atom stereocenters. The van der Waals surface area contributed by atoms with Crippen molar-refractivity contribution in [2.75, 3.05) is 7.11 Å². The third-order valence-corrected chi connectivity index (χ3v) is 6.82. The lowest BCUT2D eigenvalue weighted by atomic mass is 9.97. The second-order valence-corrected chi connectivity index (χ2v) is 9.04. The number of thioether (sulfide) groups is 1. The van der Waals surface area contributed by atoms with Gasteiger partial charge in [-0.15, -0.1) is 0 Å². The predicted molar refractivity (Wildman–Crippen MR) is 139 cm³/mol. The van der Waals surface area contributed by atoms with Crippen molar-refractivity contribution in [1.82, 2.24) is 0 Å². The zero-order valence-electron chi connectivity index (χ0n) is 19.1. The van der Waals surface area contributed by atoms with Crippen LogP contribution in [-0.2, 0) is 18.8 Å². The number of rotatable bonds is 8. The molecule has 0 aliphatic carbocycles. The van der Waals surface area contributed by atoms with Crippen molar-refractivity contribution >= 4 is 17.3 Å². The summed E-state index contributed by atoms with van der Waals surface area (Å²) in [5, 5.41) is 0.932. The molecule has 3 nitrogen and oxygen atoms in total. The lowest BCUT2D eigenvalue weighted by molar-refractivity contribution is 0.304. The Balaban J connectivity index is 1.40. The van der Waals surface area contributed by atoms with Gasteiger partial charge in [0, 0.05) is 23.8 Å². The van der Waals surface area contributed by atoms with Crippen LogP contribution in [0.3, 0.4) is 0 Å². The van der Waals surface area contributed by atoms with Gasteiger partial charge < -0.3 is 14.2 Å². The van der Waals surface area contributed by atoms with Gasteiger partial charge in [-0.25, -0.2) is 0 Å². The standard InChI is InChI=1S/C30H26O3S/c1-31-26-15-12-24(13-16-26)28-18-25-14-17-27(32-20-22-8-4-2-5-9-22)19-29(25)33-30(28)34-21-23-10-6-3-7-11-23/h2-17,19H,18,20-21H2,1H3. The summed E-state index contributed by atoms with van der Waals surface area (Å²) in [5.41, 5.74) is 5.90.